The number of carbonyl (C=O) groups excluding carboxylic acids is 1. The van der Waals surface area contributed by atoms with Crippen LogP contribution < -0.4 is 14.8 Å². The van der Waals surface area contributed by atoms with Crippen LogP contribution in [0.1, 0.15) is 40.0 Å². The zero-order chi connectivity index (χ0) is 15.7. The van der Waals surface area contributed by atoms with Crippen molar-refractivity contribution in [2.45, 2.75) is 26.8 Å². The van der Waals surface area contributed by atoms with Crippen molar-refractivity contribution in [1.29, 1.82) is 0 Å². The van der Waals surface area contributed by atoms with Crippen LogP contribution in [-0.4, -0.2) is 12.7 Å². The van der Waals surface area contributed by atoms with E-state index in [1.807, 2.05) is 13.0 Å². The maximum atomic E-state index is 12.4. The molecule has 1 aliphatic heterocycles. The average molecular weight is 297 g/mol. The number of fused-ring (bicyclic) bond motifs is 1. The lowest BCUT2D eigenvalue weighted by atomic mass is 10.0. The van der Waals surface area contributed by atoms with Crippen LogP contribution in [0.2, 0.25) is 0 Å². The molecule has 0 unspecified atom stereocenters. The fraction of sp³-hybridized carbons (Fsp3) is 0.278. The van der Waals surface area contributed by atoms with E-state index in [1.165, 1.54) is 11.1 Å². The van der Waals surface area contributed by atoms with Crippen LogP contribution in [0, 0.1) is 13.8 Å². The van der Waals surface area contributed by atoms with E-state index in [4.69, 9.17) is 9.47 Å². The summed E-state index contributed by atoms with van der Waals surface area (Å²) in [6.07, 6.45) is 0. The van der Waals surface area contributed by atoms with Gasteiger partial charge >= 0.3 is 0 Å². The molecule has 1 amide bonds. The number of amides is 1. The highest BCUT2D eigenvalue weighted by Crippen LogP contribution is 2.32. The fourth-order valence-corrected chi connectivity index (χ4v) is 2.44. The van der Waals surface area contributed by atoms with E-state index in [0.29, 0.717) is 17.1 Å². The van der Waals surface area contributed by atoms with Crippen molar-refractivity contribution in [3.8, 4) is 11.5 Å². The largest absolute Gasteiger partial charge is 0.454 e. The van der Waals surface area contributed by atoms with E-state index in [9.17, 15) is 4.79 Å². The van der Waals surface area contributed by atoms with Crippen molar-refractivity contribution in [3.63, 3.8) is 0 Å². The number of ether oxygens (including phenoxy) is 2. The second-order valence-corrected chi connectivity index (χ2v) is 5.61. The van der Waals surface area contributed by atoms with Crippen LogP contribution in [0.25, 0.3) is 0 Å². The van der Waals surface area contributed by atoms with Crippen LogP contribution in [0.5, 0.6) is 11.5 Å². The summed E-state index contributed by atoms with van der Waals surface area (Å²) < 4.78 is 10.6. The first-order chi connectivity index (χ1) is 10.5. The molecule has 114 valence electrons. The molecule has 0 spiro atoms. The Morgan fingerprint density at radius 1 is 1.05 bits per heavy atom. The van der Waals surface area contributed by atoms with Crippen molar-refractivity contribution >= 4 is 5.91 Å². The lowest BCUT2D eigenvalue weighted by Gasteiger charge is -2.16. The minimum absolute atomic E-state index is 0.0581. The molecule has 4 nitrogen and oxygen atoms in total. The molecule has 0 fully saturated rings. The SMILES string of the molecule is Cc1ccc([C@@H](C)NC(=O)c2ccc3c(c2)OCO3)cc1C. The van der Waals surface area contributed by atoms with Gasteiger partial charge in [-0.25, -0.2) is 0 Å². The maximum absolute atomic E-state index is 12.4. The Morgan fingerprint density at radius 2 is 1.82 bits per heavy atom. The van der Waals surface area contributed by atoms with Gasteiger partial charge in [0.25, 0.3) is 5.91 Å². The highest BCUT2D eigenvalue weighted by Gasteiger charge is 2.17. The highest BCUT2D eigenvalue weighted by atomic mass is 16.7. The van der Waals surface area contributed by atoms with Crippen molar-refractivity contribution in [1.82, 2.24) is 5.32 Å². The van der Waals surface area contributed by atoms with Crippen LogP contribution in [-0.2, 0) is 0 Å². The van der Waals surface area contributed by atoms with Gasteiger partial charge in [-0.15, -0.1) is 0 Å². The van der Waals surface area contributed by atoms with Crippen LogP contribution in [0.4, 0.5) is 0 Å². The molecule has 0 aromatic heterocycles. The van der Waals surface area contributed by atoms with Crippen molar-refractivity contribution in [2.24, 2.45) is 0 Å². The Bertz CT molecular complexity index is 724. The number of benzene rings is 2. The molecule has 1 N–H and O–H groups in total. The third kappa shape index (κ3) is 2.77. The first kappa shape index (κ1) is 14.4. The molecule has 1 heterocycles. The molecule has 2 aromatic rings. The first-order valence-corrected chi connectivity index (χ1v) is 7.32. The predicted octanol–water partition coefficient (Wildman–Crippen LogP) is 3.52. The minimum atomic E-state index is -0.121. The van der Waals surface area contributed by atoms with Crippen LogP contribution in [0.3, 0.4) is 0 Å². The van der Waals surface area contributed by atoms with Gasteiger partial charge in [0.1, 0.15) is 0 Å². The summed E-state index contributed by atoms with van der Waals surface area (Å²) >= 11 is 0. The molecule has 0 radical (unpaired) electrons. The Hall–Kier alpha value is -2.49. The summed E-state index contributed by atoms with van der Waals surface area (Å²) in [5.74, 6) is 1.18. The number of nitrogens with one attached hydrogen (secondary N) is 1. The summed E-state index contributed by atoms with van der Waals surface area (Å²) in [6.45, 7) is 6.34. The molecule has 0 saturated carbocycles. The zero-order valence-corrected chi connectivity index (χ0v) is 13.0. The van der Waals surface area contributed by atoms with E-state index < -0.39 is 0 Å². The van der Waals surface area contributed by atoms with E-state index >= 15 is 0 Å². The van der Waals surface area contributed by atoms with Gasteiger partial charge in [-0.1, -0.05) is 18.2 Å². The topological polar surface area (TPSA) is 47.6 Å². The smallest absolute Gasteiger partial charge is 0.251 e. The molecular formula is C18H19NO3. The predicted molar refractivity (Wildman–Crippen MR) is 84.4 cm³/mol. The monoisotopic (exact) mass is 297 g/mol. The lowest BCUT2D eigenvalue weighted by Crippen LogP contribution is -2.26. The molecule has 2 aromatic carbocycles. The van der Waals surface area contributed by atoms with Gasteiger partial charge in [0, 0.05) is 5.56 Å². The summed E-state index contributed by atoms with van der Waals surface area (Å²) in [6, 6.07) is 11.4. The molecule has 1 atom stereocenters. The first-order valence-electron chi connectivity index (χ1n) is 7.32. The van der Waals surface area contributed by atoms with Gasteiger partial charge in [0.2, 0.25) is 6.79 Å². The fourth-order valence-electron chi connectivity index (χ4n) is 2.44. The normalized spacial score (nSPS) is 13.8. The zero-order valence-electron chi connectivity index (χ0n) is 13.0. The number of rotatable bonds is 3. The molecule has 0 saturated heterocycles. The maximum Gasteiger partial charge on any atom is 0.251 e. The number of aryl methyl sites for hydroxylation is 2. The quantitative estimate of drug-likeness (QED) is 0.943. The van der Waals surface area contributed by atoms with Gasteiger partial charge in [0.05, 0.1) is 6.04 Å². The standard InChI is InChI=1S/C18H19NO3/c1-11-4-5-14(8-12(11)2)13(3)19-18(20)15-6-7-16-17(9-15)22-10-21-16/h4-9,13H,10H2,1-3H3,(H,19,20)/t13-/m1/s1. The number of hydrogen-bond acceptors (Lipinski definition) is 3. The second kappa shape index (κ2) is 5.72. The minimum Gasteiger partial charge on any atom is -0.454 e. The Kier molecular flexibility index (Phi) is 3.75. The van der Waals surface area contributed by atoms with Crippen LogP contribution in [0.15, 0.2) is 36.4 Å². The molecule has 22 heavy (non-hydrogen) atoms. The molecule has 0 aliphatic carbocycles. The number of hydrogen-bond donors (Lipinski definition) is 1. The molecule has 4 heteroatoms. The molecule has 0 bridgehead atoms. The summed E-state index contributed by atoms with van der Waals surface area (Å²) in [4.78, 5) is 12.4. The lowest BCUT2D eigenvalue weighted by molar-refractivity contribution is 0.0939. The third-order valence-corrected chi connectivity index (χ3v) is 4.01. The van der Waals surface area contributed by atoms with Crippen LogP contribution >= 0.6 is 0 Å². The highest BCUT2D eigenvalue weighted by molar-refractivity contribution is 5.95. The van der Waals surface area contributed by atoms with Crippen molar-refractivity contribution in [3.05, 3.63) is 58.7 Å². The van der Waals surface area contributed by atoms with Gasteiger partial charge < -0.3 is 14.8 Å². The third-order valence-electron chi connectivity index (χ3n) is 4.01. The van der Waals surface area contributed by atoms with Gasteiger partial charge in [0.15, 0.2) is 11.5 Å². The van der Waals surface area contributed by atoms with Gasteiger partial charge in [-0.3, -0.25) is 4.79 Å². The second-order valence-electron chi connectivity index (χ2n) is 5.61. The number of carbonyl (C=O) groups is 1. The van der Waals surface area contributed by atoms with Crippen molar-refractivity contribution in [2.75, 3.05) is 6.79 Å². The summed E-state index contributed by atoms with van der Waals surface area (Å²) in [5, 5.41) is 3.02. The van der Waals surface area contributed by atoms with Crippen molar-refractivity contribution < 1.29 is 14.3 Å². The summed E-state index contributed by atoms with van der Waals surface area (Å²) in [5.41, 5.74) is 4.14. The average Bonchev–Trinajstić information content (AvgIpc) is 2.97. The Balaban J connectivity index is 1.74. The van der Waals surface area contributed by atoms with E-state index in [0.717, 1.165) is 5.56 Å². The van der Waals surface area contributed by atoms with E-state index in [1.54, 1.807) is 18.2 Å². The molecule has 1 aliphatic rings. The Labute approximate surface area is 130 Å². The summed E-state index contributed by atoms with van der Waals surface area (Å²) in [7, 11) is 0. The van der Waals surface area contributed by atoms with Gasteiger partial charge in [-0.05, 0) is 55.7 Å². The van der Waals surface area contributed by atoms with E-state index in [2.05, 4.69) is 31.3 Å². The molecular weight excluding hydrogens is 278 g/mol. The Morgan fingerprint density at radius 3 is 2.59 bits per heavy atom. The molecule has 3 rings (SSSR count). The van der Waals surface area contributed by atoms with E-state index in [-0.39, 0.29) is 18.7 Å². The van der Waals surface area contributed by atoms with Gasteiger partial charge in [-0.2, -0.15) is 0 Å².